The number of nitrogens with one attached hydrogen (secondary N) is 1. The van der Waals surface area contributed by atoms with Crippen molar-refractivity contribution >= 4 is 28.8 Å². The van der Waals surface area contributed by atoms with Gasteiger partial charge < -0.3 is 25.5 Å². The maximum atomic E-state index is 11.3. The molecule has 0 saturated carbocycles. The van der Waals surface area contributed by atoms with Crippen LogP contribution in [0.25, 0.3) is 10.9 Å². The molecule has 3 aromatic rings. The van der Waals surface area contributed by atoms with Crippen LogP contribution in [0.2, 0.25) is 0 Å². The summed E-state index contributed by atoms with van der Waals surface area (Å²) in [6.07, 6.45) is 2.13. The van der Waals surface area contributed by atoms with E-state index in [1.165, 1.54) is 0 Å². The summed E-state index contributed by atoms with van der Waals surface area (Å²) in [4.78, 5) is 22.7. The van der Waals surface area contributed by atoms with E-state index in [0.717, 1.165) is 28.8 Å². The highest BCUT2D eigenvalue weighted by Crippen LogP contribution is 2.28. The maximum Gasteiger partial charge on any atom is 0.219 e. The van der Waals surface area contributed by atoms with Crippen molar-refractivity contribution in [2.75, 3.05) is 32.1 Å². The minimum Gasteiger partial charge on any atom is -0.497 e. The second-order valence-corrected chi connectivity index (χ2v) is 7.59. The van der Waals surface area contributed by atoms with Crippen molar-refractivity contribution in [3.63, 3.8) is 0 Å². The van der Waals surface area contributed by atoms with Gasteiger partial charge in [0.2, 0.25) is 5.91 Å². The fraction of sp³-hybridized carbons (Fsp3) is 0.304. The topological polar surface area (TPSA) is 115 Å². The number of amides is 1. The fourth-order valence-electron chi connectivity index (χ4n) is 3.54. The van der Waals surface area contributed by atoms with Crippen LogP contribution in [0, 0.1) is 0 Å². The summed E-state index contributed by atoms with van der Waals surface area (Å²) in [7, 11) is 3.50. The number of anilines is 1. The number of benzene rings is 2. The second kappa shape index (κ2) is 9.51. The Hall–Kier alpha value is -3.88. The molecular formula is C23H26N6O3. The number of carbonyl (C=O) groups is 1. The van der Waals surface area contributed by atoms with Crippen molar-refractivity contribution in [1.29, 1.82) is 0 Å². The van der Waals surface area contributed by atoms with Gasteiger partial charge in [0.1, 0.15) is 23.9 Å². The van der Waals surface area contributed by atoms with Gasteiger partial charge in [-0.05, 0) is 29.8 Å². The molecule has 0 spiro atoms. The molecule has 32 heavy (non-hydrogen) atoms. The van der Waals surface area contributed by atoms with E-state index in [2.05, 4.69) is 22.7 Å². The average molecular weight is 435 g/mol. The number of fused-ring (bicyclic) bond motifs is 1. The molecule has 2 aromatic carbocycles. The van der Waals surface area contributed by atoms with Gasteiger partial charge in [-0.25, -0.2) is 9.97 Å². The van der Waals surface area contributed by atoms with Gasteiger partial charge in [-0.2, -0.15) is 5.10 Å². The van der Waals surface area contributed by atoms with Gasteiger partial charge in [0.15, 0.2) is 5.82 Å². The zero-order valence-electron chi connectivity index (χ0n) is 18.1. The first-order chi connectivity index (χ1) is 15.5. The summed E-state index contributed by atoms with van der Waals surface area (Å²) in [5.74, 6) is 2.49. The molecule has 0 fully saturated rings. The van der Waals surface area contributed by atoms with E-state index >= 15 is 0 Å². The smallest absolute Gasteiger partial charge is 0.219 e. The minimum absolute atomic E-state index is 0.194. The number of methoxy groups -OCH3 is 1. The number of aromatic nitrogens is 2. The lowest BCUT2D eigenvalue weighted by molar-refractivity contribution is -0.117. The first-order valence-electron chi connectivity index (χ1n) is 10.4. The maximum absolute atomic E-state index is 11.3. The van der Waals surface area contributed by atoms with Crippen molar-refractivity contribution < 1.29 is 14.3 Å². The summed E-state index contributed by atoms with van der Waals surface area (Å²) in [5, 5.41) is 5.02. The average Bonchev–Trinajstić information content (AvgIpc) is 3.35. The Morgan fingerprint density at radius 3 is 2.81 bits per heavy atom. The molecule has 1 aliphatic rings. The summed E-state index contributed by atoms with van der Waals surface area (Å²) in [5.41, 5.74) is 10.3. The summed E-state index contributed by atoms with van der Waals surface area (Å²) in [6.45, 7) is 1.40. The number of hydrogen-bond donors (Lipinski definition) is 2. The fourth-order valence-corrected chi connectivity index (χ4v) is 3.54. The van der Waals surface area contributed by atoms with Crippen LogP contribution >= 0.6 is 0 Å². The number of nitrogens with two attached hydrogens (primary N) is 1. The van der Waals surface area contributed by atoms with E-state index in [0.29, 0.717) is 23.9 Å². The Labute approximate surface area is 186 Å². The summed E-state index contributed by atoms with van der Waals surface area (Å²) in [6, 6.07) is 13.5. The van der Waals surface area contributed by atoms with Gasteiger partial charge >= 0.3 is 0 Å². The number of hydrazone groups is 1. The lowest BCUT2D eigenvalue weighted by atomic mass is 9.99. The number of hydrogen-bond acceptors (Lipinski definition) is 8. The Bertz CT molecular complexity index is 1150. The largest absolute Gasteiger partial charge is 0.497 e. The highest BCUT2D eigenvalue weighted by atomic mass is 16.5. The molecule has 0 aliphatic carbocycles. The van der Waals surface area contributed by atoms with Crippen molar-refractivity contribution in [2.24, 2.45) is 10.8 Å². The van der Waals surface area contributed by atoms with Crippen LogP contribution in [-0.2, 0) is 11.4 Å². The van der Waals surface area contributed by atoms with Crippen LogP contribution in [0.4, 0.5) is 5.82 Å². The third-order valence-corrected chi connectivity index (χ3v) is 5.30. The molecule has 3 N–H and O–H groups in total. The predicted molar refractivity (Wildman–Crippen MR) is 123 cm³/mol. The van der Waals surface area contributed by atoms with Gasteiger partial charge in [0.05, 0.1) is 12.6 Å². The first-order valence-corrected chi connectivity index (χ1v) is 10.4. The molecule has 0 bridgehead atoms. The van der Waals surface area contributed by atoms with Crippen LogP contribution in [-0.4, -0.2) is 49.3 Å². The SMILES string of the molecule is COc1cccc(OCc2nc(N(C)CCC(N)=O)c3cc(C4C=NNC4)ccc3n2)c1. The van der Waals surface area contributed by atoms with Crippen LogP contribution in [0.1, 0.15) is 23.7 Å². The molecule has 9 heteroatoms. The monoisotopic (exact) mass is 434 g/mol. The van der Waals surface area contributed by atoms with Crippen molar-refractivity contribution in [3.05, 3.63) is 53.9 Å². The molecule has 166 valence electrons. The van der Waals surface area contributed by atoms with E-state index < -0.39 is 0 Å². The molecule has 1 amide bonds. The van der Waals surface area contributed by atoms with Gasteiger partial charge in [-0.3, -0.25) is 4.79 Å². The van der Waals surface area contributed by atoms with E-state index in [-0.39, 0.29) is 24.9 Å². The Balaban J connectivity index is 1.66. The molecule has 4 rings (SSSR count). The standard InChI is InChI=1S/C23H26N6O3/c1-29(9-8-21(24)30)23-19-10-15(16-12-25-26-13-16)6-7-20(19)27-22(28-23)14-32-18-5-3-4-17(11-18)31-2/h3-7,10-12,16,26H,8-9,13-14H2,1-2H3,(H2,24,30). The first kappa shape index (κ1) is 21.4. The third-order valence-electron chi connectivity index (χ3n) is 5.30. The molecular weight excluding hydrogens is 408 g/mol. The summed E-state index contributed by atoms with van der Waals surface area (Å²) < 4.78 is 11.1. The molecule has 1 aliphatic heterocycles. The predicted octanol–water partition coefficient (Wildman–Crippen LogP) is 2.20. The quantitative estimate of drug-likeness (QED) is 0.530. The molecule has 0 saturated heterocycles. The van der Waals surface area contributed by atoms with Gasteiger partial charge in [-0.1, -0.05) is 12.1 Å². The second-order valence-electron chi connectivity index (χ2n) is 7.59. The van der Waals surface area contributed by atoms with Crippen LogP contribution in [0.5, 0.6) is 11.5 Å². The minimum atomic E-state index is -0.356. The van der Waals surface area contributed by atoms with E-state index in [4.69, 9.17) is 25.2 Å². The number of nitrogens with zero attached hydrogens (tertiary/aromatic N) is 4. The Kier molecular flexibility index (Phi) is 6.34. The van der Waals surface area contributed by atoms with Crippen LogP contribution in [0.15, 0.2) is 47.6 Å². The third kappa shape index (κ3) is 4.88. The molecule has 1 atom stereocenters. The van der Waals surface area contributed by atoms with Crippen molar-refractivity contribution in [1.82, 2.24) is 15.4 Å². The van der Waals surface area contributed by atoms with E-state index in [1.807, 2.05) is 48.5 Å². The zero-order chi connectivity index (χ0) is 22.5. The molecule has 0 radical (unpaired) electrons. The van der Waals surface area contributed by atoms with E-state index in [1.54, 1.807) is 7.11 Å². The molecule has 1 unspecified atom stereocenters. The molecule has 1 aromatic heterocycles. The highest BCUT2D eigenvalue weighted by Gasteiger charge is 2.18. The Morgan fingerprint density at radius 2 is 2.06 bits per heavy atom. The number of carbonyl (C=O) groups excluding carboxylic acids is 1. The van der Waals surface area contributed by atoms with E-state index in [9.17, 15) is 4.79 Å². The Morgan fingerprint density at radius 1 is 1.22 bits per heavy atom. The number of ether oxygens (including phenoxy) is 2. The lowest BCUT2D eigenvalue weighted by Gasteiger charge is -2.21. The number of rotatable bonds is 9. The molecule has 9 nitrogen and oxygen atoms in total. The molecule has 2 heterocycles. The normalized spacial score (nSPS) is 14.9. The zero-order valence-corrected chi connectivity index (χ0v) is 18.1. The summed E-state index contributed by atoms with van der Waals surface area (Å²) >= 11 is 0. The number of primary amides is 1. The van der Waals surface area contributed by atoms with Gasteiger partial charge in [0.25, 0.3) is 0 Å². The van der Waals surface area contributed by atoms with Crippen LogP contribution in [0.3, 0.4) is 0 Å². The van der Waals surface area contributed by atoms with Gasteiger partial charge in [-0.15, -0.1) is 0 Å². The highest BCUT2D eigenvalue weighted by molar-refractivity contribution is 5.91. The van der Waals surface area contributed by atoms with Crippen molar-refractivity contribution in [2.45, 2.75) is 18.9 Å². The van der Waals surface area contributed by atoms with Crippen LogP contribution < -0.4 is 25.5 Å². The lowest BCUT2D eigenvalue weighted by Crippen LogP contribution is -2.25. The van der Waals surface area contributed by atoms with Gasteiger partial charge in [0, 0.05) is 50.1 Å². The van der Waals surface area contributed by atoms with Crippen molar-refractivity contribution in [3.8, 4) is 11.5 Å².